The minimum atomic E-state index is -3.53. The monoisotopic (exact) mass is 491 g/mol. The molecule has 0 aliphatic heterocycles. The first-order valence-corrected chi connectivity index (χ1v) is 12.4. The Morgan fingerprint density at radius 1 is 1.12 bits per heavy atom. The number of nitrogens with one attached hydrogen (secondary N) is 3. The van der Waals surface area contributed by atoms with Crippen LogP contribution >= 0.6 is 11.6 Å². The summed E-state index contributed by atoms with van der Waals surface area (Å²) in [5.41, 5.74) is 3.72. The van der Waals surface area contributed by atoms with Crippen molar-refractivity contribution in [3.05, 3.63) is 58.7 Å². The molecule has 0 bridgehead atoms. The average molecular weight is 492 g/mol. The SMILES string of the molecule is COc1ccc(Nc2nc(Nc3cccc(CCCO)c3C)ncc2Cl)c(NS(C)(=O)=O)c1. The van der Waals surface area contributed by atoms with Crippen LogP contribution in [0.15, 0.2) is 42.6 Å². The number of hydrogen-bond acceptors (Lipinski definition) is 8. The Kier molecular flexibility index (Phi) is 7.96. The molecule has 1 heterocycles. The zero-order chi connectivity index (χ0) is 24.0. The van der Waals surface area contributed by atoms with Crippen LogP contribution in [0.1, 0.15) is 17.5 Å². The molecule has 3 aromatic rings. The van der Waals surface area contributed by atoms with Crippen molar-refractivity contribution in [1.29, 1.82) is 0 Å². The second-order valence-corrected chi connectivity index (χ2v) is 9.50. The average Bonchev–Trinajstić information content (AvgIpc) is 2.76. The van der Waals surface area contributed by atoms with E-state index in [2.05, 4.69) is 25.3 Å². The van der Waals surface area contributed by atoms with Gasteiger partial charge >= 0.3 is 0 Å². The molecule has 0 aliphatic carbocycles. The van der Waals surface area contributed by atoms with E-state index in [9.17, 15) is 8.42 Å². The molecule has 1 aromatic heterocycles. The lowest BCUT2D eigenvalue weighted by atomic mass is 10.0. The molecule has 0 unspecified atom stereocenters. The molecule has 0 fully saturated rings. The maximum absolute atomic E-state index is 11.8. The van der Waals surface area contributed by atoms with Crippen LogP contribution in [0, 0.1) is 6.92 Å². The smallest absolute Gasteiger partial charge is 0.229 e. The zero-order valence-electron chi connectivity index (χ0n) is 18.5. The predicted molar refractivity (Wildman–Crippen MR) is 132 cm³/mol. The summed E-state index contributed by atoms with van der Waals surface area (Å²) in [6.45, 7) is 2.12. The highest BCUT2D eigenvalue weighted by Gasteiger charge is 2.13. The van der Waals surface area contributed by atoms with Crippen molar-refractivity contribution in [3.63, 3.8) is 0 Å². The normalized spacial score (nSPS) is 11.2. The van der Waals surface area contributed by atoms with Crippen LogP contribution in [0.2, 0.25) is 5.02 Å². The number of nitrogens with zero attached hydrogens (tertiary/aromatic N) is 2. The van der Waals surface area contributed by atoms with Crippen molar-refractivity contribution in [2.45, 2.75) is 19.8 Å². The highest BCUT2D eigenvalue weighted by molar-refractivity contribution is 7.92. The van der Waals surface area contributed by atoms with Crippen molar-refractivity contribution < 1.29 is 18.3 Å². The van der Waals surface area contributed by atoms with E-state index >= 15 is 0 Å². The highest BCUT2D eigenvalue weighted by Crippen LogP contribution is 2.33. The molecule has 0 saturated carbocycles. The molecule has 176 valence electrons. The van der Waals surface area contributed by atoms with Crippen LogP contribution in [-0.4, -0.2) is 43.5 Å². The number of anilines is 5. The zero-order valence-corrected chi connectivity index (χ0v) is 20.1. The van der Waals surface area contributed by atoms with Gasteiger partial charge in [-0.15, -0.1) is 0 Å². The van der Waals surface area contributed by atoms with Crippen LogP contribution in [-0.2, 0) is 16.4 Å². The van der Waals surface area contributed by atoms with E-state index in [1.165, 1.54) is 13.3 Å². The number of benzene rings is 2. The third-order valence-corrected chi connectivity index (χ3v) is 5.68. The van der Waals surface area contributed by atoms with E-state index in [0.29, 0.717) is 29.6 Å². The Labute approximate surface area is 198 Å². The number of aliphatic hydroxyl groups excluding tert-OH is 1. The molecule has 0 amide bonds. The lowest BCUT2D eigenvalue weighted by Crippen LogP contribution is -2.11. The van der Waals surface area contributed by atoms with Gasteiger partial charge in [0.2, 0.25) is 16.0 Å². The van der Waals surface area contributed by atoms with Crippen molar-refractivity contribution in [3.8, 4) is 5.75 Å². The van der Waals surface area contributed by atoms with E-state index in [-0.39, 0.29) is 17.3 Å². The summed E-state index contributed by atoms with van der Waals surface area (Å²) < 4.78 is 31.2. The largest absolute Gasteiger partial charge is 0.497 e. The number of aryl methyl sites for hydroxylation is 1. The van der Waals surface area contributed by atoms with E-state index in [1.807, 2.05) is 25.1 Å². The van der Waals surface area contributed by atoms with Crippen molar-refractivity contribution in [2.24, 2.45) is 0 Å². The molecule has 0 atom stereocenters. The maximum atomic E-state index is 11.8. The van der Waals surface area contributed by atoms with Gasteiger partial charge in [0.15, 0.2) is 5.82 Å². The van der Waals surface area contributed by atoms with E-state index in [4.69, 9.17) is 21.4 Å². The molecular weight excluding hydrogens is 466 g/mol. The van der Waals surface area contributed by atoms with E-state index in [0.717, 1.165) is 29.5 Å². The summed E-state index contributed by atoms with van der Waals surface area (Å²) >= 11 is 6.30. The fourth-order valence-corrected chi connectivity index (χ4v) is 3.87. The first-order valence-electron chi connectivity index (χ1n) is 10.1. The first-order chi connectivity index (χ1) is 15.7. The maximum Gasteiger partial charge on any atom is 0.229 e. The van der Waals surface area contributed by atoms with Crippen molar-refractivity contribution >= 4 is 50.5 Å². The third kappa shape index (κ3) is 6.70. The molecule has 0 saturated heterocycles. The number of hydrogen-bond donors (Lipinski definition) is 4. The Balaban J connectivity index is 1.89. The second kappa shape index (κ2) is 10.7. The number of rotatable bonds is 10. The van der Waals surface area contributed by atoms with Gasteiger partial charge in [-0.3, -0.25) is 4.72 Å². The fraction of sp³-hybridized carbons (Fsp3) is 0.273. The molecule has 3 rings (SSSR count). The summed E-state index contributed by atoms with van der Waals surface area (Å²) in [5.74, 6) is 1.10. The van der Waals surface area contributed by atoms with Gasteiger partial charge in [-0.25, -0.2) is 13.4 Å². The van der Waals surface area contributed by atoms with Gasteiger partial charge in [0, 0.05) is 18.4 Å². The predicted octanol–water partition coefficient (Wildman–Crippen LogP) is 4.23. The Bertz CT molecular complexity index is 1240. The fourth-order valence-electron chi connectivity index (χ4n) is 3.17. The molecule has 9 nitrogen and oxygen atoms in total. The minimum absolute atomic E-state index is 0.133. The third-order valence-electron chi connectivity index (χ3n) is 4.82. The lowest BCUT2D eigenvalue weighted by molar-refractivity contribution is 0.288. The molecule has 33 heavy (non-hydrogen) atoms. The highest BCUT2D eigenvalue weighted by atomic mass is 35.5. The van der Waals surface area contributed by atoms with E-state index < -0.39 is 10.0 Å². The Hall–Kier alpha value is -3.08. The van der Waals surface area contributed by atoms with Gasteiger partial charge in [0.05, 0.1) is 30.9 Å². The van der Waals surface area contributed by atoms with Crippen LogP contribution < -0.4 is 20.1 Å². The quantitative estimate of drug-likeness (QED) is 0.332. The Morgan fingerprint density at radius 2 is 1.91 bits per heavy atom. The van der Waals surface area contributed by atoms with Gasteiger partial charge in [-0.2, -0.15) is 4.98 Å². The first kappa shape index (κ1) is 24.6. The van der Waals surface area contributed by atoms with Gasteiger partial charge in [-0.05, 0) is 49.1 Å². The van der Waals surface area contributed by atoms with Crippen LogP contribution in [0.3, 0.4) is 0 Å². The minimum Gasteiger partial charge on any atom is -0.497 e. The summed E-state index contributed by atoms with van der Waals surface area (Å²) in [6.07, 6.45) is 3.96. The summed E-state index contributed by atoms with van der Waals surface area (Å²) in [5, 5.41) is 15.6. The number of ether oxygens (including phenoxy) is 1. The number of methoxy groups -OCH3 is 1. The number of aromatic nitrogens is 2. The summed E-state index contributed by atoms with van der Waals surface area (Å²) in [7, 11) is -2.04. The van der Waals surface area contributed by atoms with Crippen molar-refractivity contribution in [2.75, 3.05) is 35.3 Å². The van der Waals surface area contributed by atoms with E-state index in [1.54, 1.807) is 18.2 Å². The topological polar surface area (TPSA) is 125 Å². The molecule has 0 radical (unpaired) electrons. The molecular formula is C22H26ClN5O4S. The number of sulfonamides is 1. The molecule has 2 aromatic carbocycles. The molecule has 11 heteroatoms. The lowest BCUT2D eigenvalue weighted by Gasteiger charge is -2.16. The summed E-state index contributed by atoms with van der Waals surface area (Å²) in [4.78, 5) is 8.71. The second-order valence-electron chi connectivity index (χ2n) is 7.34. The number of aliphatic hydroxyl groups is 1. The van der Waals surface area contributed by atoms with Gasteiger partial charge in [0.25, 0.3) is 0 Å². The van der Waals surface area contributed by atoms with Crippen LogP contribution in [0.5, 0.6) is 5.75 Å². The van der Waals surface area contributed by atoms with Crippen LogP contribution in [0.25, 0.3) is 0 Å². The summed E-state index contributed by atoms with van der Waals surface area (Å²) in [6, 6.07) is 10.8. The van der Waals surface area contributed by atoms with Gasteiger partial charge in [-0.1, -0.05) is 23.7 Å². The molecule has 0 spiro atoms. The van der Waals surface area contributed by atoms with Gasteiger partial charge < -0.3 is 20.5 Å². The van der Waals surface area contributed by atoms with Gasteiger partial charge in [0.1, 0.15) is 10.8 Å². The molecule has 4 N–H and O–H groups in total. The number of halogens is 1. The van der Waals surface area contributed by atoms with Crippen LogP contribution in [0.4, 0.5) is 28.8 Å². The molecule has 0 aliphatic rings. The van der Waals surface area contributed by atoms with Crippen molar-refractivity contribution in [1.82, 2.24) is 9.97 Å². The Morgan fingerprint density at radius 3 is 2.61 bits per heavy atom. The standard InChI is InChI=1S/C22H26ClN5O4S/c1-14-15(7-5-11-29)6-4-8-18(14)26-22-24-13-17(23)21(27-22)25-19-10-9-16(32-2)12-20(19)28-33(3,30)31/h4,6,8-10,12-13,28-29H,5,7,11H2,1-3H3,(H2,24,25,26,27).